The molecule has 3 aromatic rings. The molecule has 1 N–H and O–H groups in total. The number of carbonyl (C=O) groups excluding carboxylic acids is 3. The molecule has 11 heteroatoms. The second kappa shape index (κ2) is 14.2. The lowest BCUT2D eigenvalue weighted by Gasteiger charge is -2.24. The molecule has 1 aliphatic heterocycles. The normalized spacial score (nSPS) is 15.9. The van der Waals surface area contributed by atoms with Crippen molar-refractivity contribution >= 4 is 39.9 Å². The van der Waals surface area contributed by atoms with Crippen LogP contribution in [0.4, 0.5) is 5.13 Å². The van der Waals surface area contributed by atoms with Crippen LogP contribution in [0.5, 0.6) is 17.2 Å². The minimum absolute atomic E-state index is 0.119. The number of aliphatic hydroxyl groups is 1. The smallest absolute Gasteiger partial charge is 0.350 e. The minimum Gasteiger partial charge on any atom is -0.507 e. The number of esters is 1. The van der Waals surface area contributed by atoms with Crippen LogP contribution >= 0.6 is 11.3 Å². The van der Waals surface area contributed by atoms with E-state index in [4.69, 9.17) is 18.9 Å². The molecule has 2 heterocycles. The van der Waals surface area contributed by atoms with Crippen LogP contribution in [0.2, 0.25) is 0 Å². The number of ketones is 1. The van der Waals surface area contributed by atoms with Gasteiger partial charge < -0.3 is 24.1 Å². The van der Waals surface area contributed by atoms with Crippen molar-refractivity contribution < 1.29 is 38.4 Å². The van der Waals surface area contributed by atoms with Gasteiger partial charge in [0.1, 0.15) is 16.4 Å². The third kappa shape index (κ3) is 6.67. The zero-order valence-corrected chi connectivity index (χ0v) is 25.8. The molecule has 1 aliphatic rings. The van der Waals surface area contributed by atoms with E-state index in [1.54, 1.807) is 49.4 Å². The van der Waals surface area contributed by atoms with Gasteiger partial charge >= 0.3 is 11.9 Å². The number of hydrogen-bond donors (Lipinski definition) is 1. The van der Waals surface area contributed by atoms with E-state index in [2.05, 4.69) is 11.9 Å². The van der Waals surface area contributed by atoms with Gasteiger partial charge in [-0.25, -0.2) is 9.78 Å². The lowest BCUT2D eigenvalue weighted by atomic mass is 9.95. The molecule has 0 bridgehead atoms. The molecule has 0 aliphatic carbocycles. The van der Waals surface area contributed by atoms with Crippen molar-refractivity contribution in [1.29, 1.82) is 0 Å². The molecule has 1 saturated heterocycles. The fourth-order valence-corrected chi connectivity index (χ4v) is 5.62. The third-order valence-electron chi connectivity index (χ3n) is 6.75. The van der Waals surface area contributed by atoms with Gasteiger partial charge in [-0.1, -0.05) is 37.7 Å². The van der Waals surface area contributed by atoms with Crippen molar-refractivity contribution in [3.05, 3.63) is 69.7 Å². The number of benzene rings is 2. The van der Waals surface area contributed by atoms with Gasteiger partial charge in [0, 0.05) is 5.56 Å². The largest absolute Gasteiger partial charge is 0.507 e. The highest BCUT2D eigenvalue weighted by Gasteiger charge is 2.48. The maximum Gasteiger partial charge on any atom is 0.350 e. The Morgan fingerprint density at radius 2 is 1.72 bits per heavy atom. The number of amides is 1. The van der Waals surface area contributed by atoms with Gasteiger partial charge in [0.2, 0.25) is 0 Å². The van der Waals surface area contributed by atoms with Gasteiger partial charge in [-0.2, -0.15) is 0 Å². The Hall–Kier alpha value is -4.38. The number of hydrogen-bond acceptors (Lipinski definition) is 10. The molecule has 0 radical (unpaired) electrons. The predicted molar refractivity (Wildman–Crippen MR) is 163 cm³/mol. The van der Waals surface area contributed by atoms with Crippen molar-refractivity contribution in [2.45, 2.75) is 53.0 Å². The Morgan fingerprint density at radius 3 is 2.37 bits per heavy atom. The summed E-state index contributed by atoms with van der Waals surface area (Å²) in [6.07, 6.45) is 2.66. The molecule has 1 amide bonds. The molecular formula is C32H36N2O8S. The molecule has 0 spiro atoms. The zero-order valence-electron chi connectivity index (χ0n) is 25.0. The van der Waals surface area contributed by atoms with Gasteiger partial charge in [0.25, 0.3) is 5.78 Å². The lowest BCUT2D eigenvalue weighted by molar-refractivity contribution is -0.132. The van der Waals surface area contributed by atoms with Crippen molar-refractivity contribution in [2.24, 2.45) is 0 Å². The summed E-state index contributed by atoms with van der Waals surface area (Å²) in [5, 5.41) is 11.6. The summed E-state index contributed by atoms with van der Waals surface area (Å²) in [5.74, 6) is -1.16. The van der Waals surface area contributed by atoms with Crippen LogP contribution in [0.25, 0.3) is 5.76 Å². The van der Waals surface area contributed by atoms with Gasteiger partial charge in [0.15, 0.2) is 16.6 Å². The van der Waals surface area contributed by atoms with Crippen LogP contribution in [0.3, 0.4) is 0 Å². The van der Waals surface area contributed by atoms with Gasteiger partial charge in [0.05, 0.1) is 44.2 Å². The van der Waals surface area contributed by atoms with E-state index >= 15 is 0 Å². The fraction of sp³-hybridized carbons (Fsp3) is 0.375. The minimum atomic E-state index is -1.07. The first kappa shape index (κ1) is 31.6. The maximum atomic E-state index is 13.6. The van der Waals surface area contributed by atoms with E-state index in [9.17, 15) is 19.5 Å². The quantitative estimate of drug-likeness (QED) is 0.0790. The summed E-state index contributed by atoms with van der Waals surface area (Å²) in [7, 11) is 1.26. The van der Waals surface area contributed by atoms with E-state index in [0.717, 1.165) is 30.6 Å². The number of aliphatic hydroxyl groups excluding tert-OH is 1. The van der Waals surface area contributed by atoms with Crippen LogP contribution in [0, 0.1) is 6.92 Å². The van der Waals surface area contributed by atoms with Crippen molar-refractivity contribution in [3.63, 3.8) is 0 Å². The van der Waals surface area contributed by atoms with Gasteiger partial charge in [-0.15, -0.1) is 0 Å². The van der Waals surface area contributed by atoms with Crippen molar-refractivity contribution in [2.75, 3.05) is 31.8 Å². The average Bonchev–Trinajstić information content (AvgIpc) is 3.52. The Kier molecular flexibility index (Phi) is 10.4. The predicted octanol–water partition coefficient (Wildman–Crippen LogP) is 6.23. The van der Waals surface area contributed by atoms with Crippen LogP contribution in [0.15, 0.2) is 48.0 Å². The highest BCUT2D eigenvalue weighted by molar-refractivity contribution is 7.17. The van der Waals surface area contributed by atoms with Crippen LogP contribution in [0.1, 0.15) is 72.6 Å². The van der Waals surface area contributed by atoms with Crippen LogP contribution in [-0.4, -0.2) is 54.7 Å². The van der Waals surface area contributed by atoms with Crippen molar-refractivity contribution in [1.82, 2.24) is 4.98 Å². The summed E-state index contributed by atoms with van der Waals surface area (Å²) < 4.78 is 22.3. The molecule has 228 valence electrons. The average molecular weight is 609 g/mol. The summed E-state index contributed by atoms with van der Waals surface area (Å²) in [5.41, 5.74) is 1.05. The molecule has 43 heavy (non-hydrogen) atoms. The number of aryl methyl sites for hydroxylation is 1. The highest BCUT2D eigenvalue weighted by atomic mass is 32.1. The number of rotatable bonds is 13. The first-order valence-electron chi connectivity index (χ1n) is 14.2. The number of methoxy groups -OCH3 is 1. The number of ether oxygens (including phenoxy) is 4. The number of anilines is 1. The van der Waals surface area contributed by atoms with Crippen molar-refractivity contribution in [3.8, 4) is 17.2 Å². The highest BCUT2D eigenvalue weighted by Crippen LogP contribution is 2.45. The molecule has 1 unspecified atom stereocenters. The lowest BCUT2D eigenvalue weighted by Crippen LogP contribution is -2.29. The molecule has 1 atom stereocenters. The molecule has 1 fully saturated rings. The number of nitrogens with zero attached hydrogens (tertiary/aromatic N) is 2. The number of aromatic nitrogens is 1. The van der Waals surface area contributed by atoms with E-state index in [1.165, 1.54) is 12.0 Å². The summed E-state index contributed by atoms with van der Waals surface area (Å²) in [4.78, 5) is 45.5. The third-order valence-corrected chi connectivity index (χ3v) is 7.88. The van der Waals surface area contributed by atoms with Gasteiger partial charge in [-0.05, 0) is 68.7 Å². The van der Waals surface area contributed by atoms with Crippen LogP contribution in [-0.2, 0) is 14.3 Å². The summed E-state index contributed by atoms with van der Waals surface area (Å²) in [6.45, 7) is 8.92. The Balaban J connectivity index is 1.88. The van der Waals surface area contributed by atoms with E-state index < -0.39 is 23.7 Å². The molecule has 0 saturated carbocycles. The number of Topliss-reactive ketones (excluding diaryl/α,β-unsaturated/α-hetero) is 1. The summed E-state index contributed by atoms with van der Waals surface area (Å²) >= 11 is 0.934. The second-order valence-corrected chi connectivity index (χ2v) is 10.8. The molecule has 4 rings (SSSR count). The van der Waals surface area contributed by atoms with E-state index in [-0.39, 0.29) is 21.3 Å². The second-order valence-electron chi connectivity index (χ2n) is 9.79. The zero-order chi connectivity index (χ0) is 31.1. The molecular weight excluding hydrogens is 572 g/mol. The van der Waals surface area contributed by atoms with E-state index in [0.29, 0.717) is 53.9 Å². The van der Waals surface area contributed by atoms with Crippen LogP contribution < -0.4 is 19.1 Å². The Morgan fingerprint density at radius 1 is 0.977 bits per heavy atom. The SMILES string of the molecule is CCCCOc1ccc(C2C(=C(O)c3ccc(OCCC)cc3)C(=O)C(=O)N2c2nc(C)c(C(=O)OC)s2)cc1OCC. The first-order chi connectivity index (χ1) is 20.7. The number of carbonyl (C=O) groups is 3. The molecule has 2 aromatic carbocycles. The van der Waals surface area contributed by atoms with Gasteiger partial charge in [-0.3, -0.25) is 14.5 Å². The number of unbranched alkanes of at least 4 members (excludes halogenated alkanes) is 1. The monoisotopic (exact) mass is 608 g/mol. The molecule has 10 nitrogen and oxygen atoms in total. The summed E-state index contributed by atoms with van der Waals surface area (Å²) in [6, 6.07) is 10.7. The standard InChI is InChI=1S/C32H36N2O8S/c1-6-9-17-42-23-15-12-21(18-24(23)40-8-3)26-25(27(35)20-10-13-22(14-11-20)41-16-7-2)28(36)30(37)34(26)32-33-19(4)29(43-32)31(38)39-5/h10-15,18,26,35H,6-9,16-17H2,1-5H3. The topological polar surface area (TPSA) is 124 Å². The molecule has 1 aromatic heterocycles. The maximum absolute atomic E-state index is 13.6. The first-order valence-corrected chi connectivity index (χ1v) is 15.1. The Labute approximate surface area is 254 Å². The number of thiazole rings is 1. The Bertz CT molecular complexity index is 1510. The van der Waals surface area contributed by atoms with E-state index in [1.807, 2.05) is 13.8 Å². The fourth-order valence-electron chi connectivity index (χ4n) is 4.61.